The normalized spacial score (nSPS) is 10.3. The van der Waals surface area contributed by atoms with Crippen LogP contribution < -0.4 is 5.32 Å². The van der Waals surface area contributed by atoms with Gasteiger partial charge in [-0.3, -0.25) is 4.79 Å². The molecule has 1 N–H and O–H groups in total. The maximum atomic E-state index is 12.0. The number of thioether (sulfide) groups is 1. The van der Waals surface area contributed by atoms with Crippen molar-refractivity contribution in [3.8, 4) is 6.07 Å². The number of carbonyl (C=O) groups is 1. The van der Waals surface area contributed by atoms with Gasteiger partial charge in [0.1, 0.15) is 11.1 Å². The summed E-state index contributed by atoms with van der Waals surface area (Å²) in [5.41, 5.74) is 2.59. The van der Waals surface area contributed by atoms with E-state index in [4.69, 9.17) is 16.9 Å². The maximum absolute atomic E-state index is 12.0. The lowest BCUT2D eigenvalue weighted by Crippen LogP contribution is -2.14. The number of halogens is 1. The molecule has 0 saturated heterocycles. The Labute approximate surface area is 143 Å². The number of amides is 1. The number of benzene rings is 1. The molecule has 1 amide bonds. The number of hydrogen-bond acceptors (Lipinski definition) is 4. The Morgan fingerprint density at radius 2 is 2.23 bits per heavy atom. The molecule has 0 spiro atoms. The van der Waals surface area contributed by atoms with Crippen LogP contribution in [0.3, 0.4) is 0 Å². The lowest BCUT2D eigenvalue weighted by atomic mass is 10.2. The molecular weight excluding hydrogens is 336 g/mol. The second kappa shape index (κ2) is 7.68. The van der Waals surface area contributed by atoms with Crippen molar-refractivity contribution >= 4 is 45.6 Å². The molecule has 0 aliphatic rings. The molecule has 0 aliphatic carbocycles. The molecule has 3 nitrogen and oxygen atoms in total. The van der Waals surface area contributed by atoms with Gasteiger partial charge in [0.05, 0.1) is 11.3 Å². The number of nitrogens with zero attached hydrogens (tertiary/aromatic N) is 1. The topological polar surface area (TPSA) is 52.9 Å². The first kappa shape index (κ1) is 16.9. The smallest absolute Gasteiger partial charge is 0.235 e. The van der Waals surface area contributed by atoms with Gasteiger partial charge in [0.2, 0.25) is 5.91 Å². The number of aryl methyl sites for hydroxylation is 1. The van der Waals surface area contributed by atoms with Crippen molar-refractivity contribution in [3.63, 3.8) is 0 Å². The Morgan fingerprint density at radius 1 is 1.45 bits per heavy atom. The molecule has 1 aromatic carbocycles. The summed E-state index contributed by atoms with van der Waals surface area (Å²) in [5, 5.41) is 13.3. The molecule has 0 radical (unpaired) electrons. The van der Waals surface area contributed by atoms with E-state index in [2.05, 4.69) is 11.4 Å². The molecule has 0 bridgehead atoms. The number of rotatable bonds is 5. The zero-order valence-electron chi connectivity index (χ0n) is 12.3. The molecule has 2 rings (SSSR count). The average Bonchev–Trinajstić information content (AvgIpc) is 2.73. The number of hydrogen-bond donors (Lipinski definition) is 1. The Balaban J connectivity index is 1.89. The predicted molar refractivity (Wildman–Crippen MR) is 94.8 cm³/mol. The van der Waals surface area contributed by atoms with Crippen molar-refractivity contribution in [2.75, 3.05) is 11.1 Å². The Morgan fingerprint density at radius 3 is 2.91 bits per heavy atom. The third kappa shape index (κ3) is 4.26. The maximum Gasteiger partial charge on any atom is 0.235 e. The van der Waals surface area contributed by atoms with Crippen molar-refractivity contribution in [1.82, 2.24) is 0 Å². The summed E-state index contributed by atoms with van der Waals surface area (Å²) < 4.78 is 0. The van der Waals surface area contributed by atoms with E-state index in [1.807, 2.05) is 38.1 Å². The highest BCUT2D eigenvalue weighted by molar-refractivity contribution is 7.99. The van der Waals surface area contributed by atoms with Crippen LogP contribution in [0.15, 0.2) is 24.3 Å². The average molecular weight is 351 g/mol. The summed E-state index contributed by atoms with van der Waals surface area (Å²) in [6, 6.07) is 9.75. The lowest BCUT2D eigenvalue weighted by Gasteiger charge is -2.04. The Hall–Kier alpha value is -1.48. The monoisotopic (exact) mass is 350 g/mol. The van der Waals surface area contributed by atoms with E-state index < -0.39 is 0 Å². The van der Waals surface area contributed by atoms with Gasteiger partial charge < -0.3 is 5.32 Å². The van der Waals surface area contributed by atoms with Gasteiger partial charge in [-0.25, -0.2) is 0 Å². The van der Waals surface area contributed by atoms with Gasteiger partial charge in [0.25, 0.3) is 0 Å². The van der Waals surface area contributed by atoms with Crippen LogP contribution in [0.2, 0.25) is 5.02 Å². The fraction of sp³-hybridized carbons (Fsp3) is 0.250. The third-order valence-electron chi connectivity index (χ3n) is 3.14. The lowest BCUT2D eigenvalue weighted by molar-refractivity contribution is -0.113. The minimum atomic E-state index is -0.0928. The van der Waals surface area contributed by atoms with Gasteiger partial charge in [-0.15, -0.1) is 23.1 Å². The Bertz CT molecular complexity index is 734. The van der Waals surface area contributed by atoms with Crippen LogP contribution in [-0.2, 0) is 10.5 Å². The highest BCUT2D eigenvalue weighted by Crippen LogP contribution is 2.31. The van der Waals surface area contributed by atoms with Gasteiger partial charge in [-0.05, 0) is 37.1 Å². The van der Waals surface area contributed by atoms with Crippen LogP contribution in [0.4, 0.5) is 5.00 Å². The SMILES string of the molecule is Cc1sc(NC(=O)CSCc2cccc(Cl)c2)c(C#N)c1C. The van der Waals surface area contributed by atoms with E-state index in [-0.39, 0.29) is 5.91 Å². The largest absolute Gasteiger partial charge is 0.316 e. The van der Waals surface area contributed by atoms with E-state index in [9.17, 15) is 4.79 Å². The molecule has 1 heterocycles. The van der Waals surface area contributed by atoms with Crippen LogP contribution >= 0.6 is 34.7 Å². The van der Waals surface area contributed by atoms with Gasteiger partial charge >= 0.3 is 0 Å². The predicted octanol–water partition coefficient (Wildman–Crippen LogP) is 4.76. The van der Waals surface area contributed by atoms with Crippen LogP contribution in [0.5, 0.6) is 0 Å². The first-order chi connectivity index (χ1) is 10.5. The van der Waals surface area contributed by atoms with E-state index in [1.54, 1.807) is 0 Å². The van der Waals surface area contributed by atoms with Crippen molar-refractivity contribution in [2.45, 2.75) is 19.6 Å². The fourth-order valence-electron chi connectivity index (χ4n) is 1.90. The zero-order chi connectivity index (χ0) is 16.1. The van der Waals surface area contributed by atoms with Gasteiger partial charge in [0, 0.05) is 15.7 Å². The number of nitrogens with one attached hydrogen (secondary N) is 1. The van der Waals surface area contributed by atoms with Crippen LogP contribution in [0.25, 0.3) is 0 Å². The van der Waals surface area contributed by atoms with Crippen molar-refractivity contribution < 1.29 is 4.79 Å². The summed E-state index contributed by atoms with van der Waals surface area (Å²) in [5.74, 6) is 0.972. The zero-order valence-corrected chi connectivity index (χ0v) is 14.7. The minimum absolute atomic E-state index is 0.0928. The summed E-state index contributed by atoms with van der Waals surface area (Å²) in [4.78, 5) is 13.1. The molecule has 0 aliphatic heterocycles. The first-order valence-corrected chi connectivity index (χ1v) is 8.98. The van der Waals surface area contributed by atoms with Crippen LogP contribution in [0, 0.1) is 25.2 Å². The van der Waals surface area contributed by atoms with Gasteiger partial charge in [-0.1, -0.05) is 23.7 Å². The van der Waals surface area contributed by atoms with E-state index >= 15 is 0 Å². The molecule has 22 heavy (non-hydrogen) atoms. The summed E-state index contributed by atoms with van der Waals surface area (Å²) in [6.45, 7) is 3.85. The minimum Gasteiger partial charge on any atom is -0.316 e. The third-order valence-corrected chi connectivity index (χ3v) is 5.50. The molecule has 0 fully saturated rings. The van der Waals surface area contributed by atoms with Crippen LogP contribution in [0.1, 0.15) is 21.6 Å². The van der Waals surface area contributed by atoms with Crippen LogP contribution in [-0.4, -0.2) is 11.7 Å². The van der Waals surface area contributed by atoms with E-state index in [1.165, 1.54) is 23.1 Å². The number of thiophene rings is 1. The van der Waals surface area contributed by atoms with E-state index in [0.717, 1.165) is 21.8 Å². The molecule has 1 aromatic heterocycles. The van der Waals surface area contributed by atoms with Gasteiger partial charge in [0.15, 0.2) is 0 Å². The van der Waals surface area contributed by atoms with E-state index in [0.29, 0.717) is 21.3 Å². The molecule has 114 valence electrons. The highest BCUT2D eigenvalue weighted by Gasteiger charge is 2.14. The number of carbonyl (C=O) groups excluding carboxylic acids is 1. The van der Waals surface area contributed by atoms with Gasteiger partial charge in [-0.2, -0.15) is 5.26 Å². The quantitative estimate of drug-likeness (QED) is 0.845. The second-order valence-electron chi connectivity index (χ2n) is 4.77. The van der Waals surface area contributed by atoms with Crippen molar-refractivity contribution in [2.24, 2.45) is 0 Å². The Kier molecular flexibility index (Phi) is 5.90. The standard InChI is InChI=1S/C16H15ClN2OS2/c1-10-11(2)22-16(14(10)7-18)19-15(20)9-21-8-12-4-3-5-13(17)6-12/h3-6H,8-9H2,1-2H3,(H,19,20). The molecular formula is C16H15ClN2OS2. The first-order valence-electron chi connectivity index (χ1n) is 6.63. The fourth-order valence-corrected chi connectivity index (χ4v) is 3.92. The van der Waals surface area contributed by atoms with Crippen molar-refractivity contribution in [3.05, 3.63) is 50.9 Å². The highest BCUT2D eigenvalue weighted by atomic mass is 35.5. The molecule has 0 unspecified atom stereocenters. The molecule has 0 saturated carbocycles. The summed E-state index contributed by atoms with van der Waals surface area (Å²) in [6.07, 6.45) is 0. The molecule has 2 aromatic rings. The summed E-state index contributed by atoms with van der Waals surface area (Å²) in [7, 11) is 0. The molecule has 0 atom stereocenters. The second-order valence-corrected chi connectivity index (χ2v) is 7.42. The van der Waals surface area contributed by atoms with Crippen molar-refractivity contribution in [1.29, 1.82) is 5.26 Å². The molecule has 6 heteroatoms. The number of anilines is 1. The number of nitriles is 1. The summed E-state index contributed by atoms with van der Waals surface area (Å²) >= 11 is 8.89.